The summed E-state index contributed by atoms with van der Waals surface area (Å²) in [5, 5.41) is 11.7. The minimum Gasteiger partial charge on any atom is -0.618 e. The van der Waals surface area contributed by atoms with Crippen LogP contribution in [-0.2, 0) is 0 Å². The van der Waals surface area contributed by atoms with Gasteiger partial charge in [-0.3, -0.25) is 4.79 Å². The van der Waals surface area contributed by atoms with E-state index in [9.17, 15) is 10.0 Å². The number of aldehydes is 1. The molecule has 0 unspecified atom stereocenters. The van der Waals surface area contributed by atoms with Crippen molar-refractivity contribution < 1.29 is 9.52 Å². The molecule has 2 aromatic rings. The van der Waals surface area contributed by atoms with E-state index in [-0.39, 0.29) is 5.69 Å². The maximum atomic E-state index is 11.7. The fourth-order valence-electron chi connectivity index (χ4n) is 1.42. The molecule has 0 aliphatic heterocycles. The van der Waals surface area contributed by atoms with Crippen LogP contribution in [0.15, 0.2) is 48.5 Å². The topological polar surface area (TPSA) is 44.0 Å². The van der Waals surface area contributed by atoms with Crippen LogP contribution in [0.4, 0.5) is 0 Å². The minimum absolute atomic E-state index is 0.122. The number of rotatable bonds is 2. The summed E-state index contributed by atoms with van der Waals surface area (Å²) in [4.78, 5) is 10.6. The molecule has 15 heavy (non-hydrogen) atoms. The number of aromatic nitrogens is 1. The van der Waals surface area contributed by atoms with Crippen LogP contribution < -0.4 is 4.73 Å². The van der Waals surface area contributed by atoms with Crippen molar-refractivity contribution in [3.05, 3.63) is 59.4 Å². The predicted octanol–water partition coefficient (Wildman–Crippen LogP) is 1.80. The van der Waals surface area contributed by atoms with Crippen molar-refractivity contribution in [3.63, 3.8) is 0 Å². The van der Waals surface area contributed by atoms with Gasteiger partial charge in [-0.2, -0.15) is 4.73 Å². The van der Waals surface area contributed by atoms with Gasteiger partial charge in [-0.1, -0.05) is 18.2 Å². The van der Waals surface area contributed by atoms with Crippen LogP contribution in [0.1, 0.15) is 10.5 Å². The summed E-state index contributed by atoms with van der Waals surface area (Å²) in [5.74, 6) is 0. The molecule has 0 radical (unpaired) electrons. The number of nitrogens with zero attached hydrogens (tertiary/aromatic N) is 1. The molecule has 0 N–H and O–H groups in total. The Bertz CT molecular complexity index is 480. The maximum absolute atomic E-state index is 11.7. The average molecular weight is 199 g/mol. The quantitative estimate of drug-likeness (QED) is 0.420. The highest BCUT2D eigenvalue weighted by Crippen LogP contribution is 2.14. The molecule has 0 fully saturated rings. The first-order valence-electron chi connectivity index (χ1n) is 4.56. The highest BCUT2D eigenvalue weighted by Gasteiger charge is 2.11. The van der Waals surface area contributed by atoms with Gasteiger partial charge in [-0.05, 0) is 18.2 Å². The Morgan fingerprint density at radius 1 is 1.00 bits per heavy atom. The molecular formula is C12H9NO2. The summed E-state index contributed by atoms with van der Waals surface area (Å²) < 4.78 is 0.641. The van der Waals surface area contributed by atoms with E-state index >= 15 is 0 Å². The van der Waals surface area contributed by atoms with Crippen LogP contribution in [0.5, 0.6) is 0 Å². The van der Waals surface area contributed by atoms with Gasteiger partial charge in [-0.15, -0.1) is 0 Å². The van der Waals surface area contributed by atoms with Crippen molar-refractivity contribution in [1.82, 2.24) is 0 Å². The van der Waals surface area contributed by atoms with Gasteiger partial charge in [-0.25, -0.2) is 0 Å². The highest BCUT2D eigenvalue weighted by molar-refractivity contribution is 5.70. The Kier molecular flexibility index (Phi) is 2.46. The smallest absolute Gasteiger partial charge is 0.257 e. The molecule has 2 rings (SSSR count). The molecule has 0 saturated heterocycles. The Morgan fingerprint density at radius 2 is 1.73 bits per heavy atom. The number of benzene rings is 1. The van der Waals surface area contributed by atoms with E-state index in [1.54, 1.807) is 12.1 Å². The van der Waals surface area contributed by atoms with E-state index in [0.29, 0.717) is 16.7 Å². The van der Waals surface area contributed by atoms with Crippen LogP contribution >= 0.6 is 0 Å². The molecule has 1 aromatic carbocycles. The lowest BCUT2D eigenvalue weighted by atomic mass is 10.1. The zero-order valence-electron chi connectivity index (χ0n) is 7.96. The van der Waals surface area contributed by atoms with Crippen molar-refractivity contribution in [2.24, 2.45) is 0 Å². The van der Waals surface area contributed by atoms with Crippen molar-refractivity contribution in [2.45, 2.75) is 0 Å². The van der Waals surface area contributed by atoms with E-state index in [4.69, 9.17) is 0 Å². The van der Waals surface area contributed by atoms with E-state index in [1.165, 1.54) is 6.07 Å². The van der Waals surface area contributed by atoms with Gasteiger partial charge < -0.3 is 5.21 Å². The lowest BCUT2D eigenvalue weighted by molar-refractivity contribution is -0.595. The summed E-state index contributed by atoms with van der Waals surface area (Å²) in [5.41, 5.74) is 1.41. The van der Waals surface area contributed by atoms with Gasteiger partial charge >= 0.3 is 0 Å². The molecule has 0 spiro atoms. The summed E-state index contributed by atoms with van der Waals surface area (Å²) in [6.07, 6.45) is 0.555. The fourth-order valence-corrected chi connectivity index (χ4v) is 1.42. The zero-order valence-corrected chi connectivity index (χ0v) is 7.96. The molecule has 74 valence electrons. The molecular weight excluding hydrogens is 190 g/mol. The van der Waals surface area contributed by atoms with Crippen LogP contribution in [0.2, 0.25) is 0 Å². The first-order chi connectivity index (χ1) is 7.33. The Balaban J connectivity index is 2.59. The molecule has 0 atom stereocenters. The van der Waals surface area contributed by atoms with Gasteiger partial charge in [0.05, 0.1) is 0 Å². The second-order valence-electron chi connectivity index (χ2n) is 3.11. The monoisotopic (exact) mass is 199 g/mol. The summed E-state index contributed by atoms with van der Waals surface area (Å²) in [6, 6.07) is 14.1. The van der Waals surface area contributed by atoms with E-state index in [0.717, 1.165) is 5.56 Å². The summed E-state index contributed by atoms with van der Waals surface area (Å²) >= 11 is 0. The van der Waals surface area contributed by atoms with E-state index in [1.807, 2.05) is 30.3 Å². The van der Waals surface area contributed by atoms with Gasteiger partial charge in [0.2, 0.25) is 12.0 Å². The molecule has 0 amide bonds. The van der Waals surface area contributed by atoms with Crippen LogP contribution in [-0.4, -0.2) is 6.29 Å². The fraction of sp³-hybridized carbons (Fsp3) is 0. The van der Waals surface area contributed by atoms with Gasteiger partial charge in [0, 0.05) is 17.7 Å². The molecule has 1 heterocycles. The molecule has 0 saturated carbocycles. The SMILES string of the molecule is O=Cc1cccc(-c2ccccc2)[n+]1[O-]. The third kappa shape index (κ3) is 1.72. The maximum Gasteiger partial charge on any atom is 0.257 e. The molecule has 3 nitrogen and oxygen atoms in total. The highest BCUT2D eigenvalue weighted by atomic mass is 16.5. The predicted molar refractivity (Wildman–Crippen MR) is 56.2 cm³/mol. The Morgan fingerprint density at radius 3 is 2.40 bits per heavy atom. The number of carbonyl (C=O) groups is 1. The molecule has 0 aliphatic carbocycles. The first kappa shape index (κ1) is 9.40. The second-order valence-corrected chi connectivity index (χ2v) is 3.11. The number of hydrogen-bond acceptors (Lipinski definition) is 2. The molecule has 0 bridgehead atoms. The van der Waals surface area contributed by atoms with Gasteiger partial charge in [0.15, 0.2) is 0 Å². The second kappa shape index (κ2) is 3.92. The molecule has 0 aliphatic rings. The standard InChI is InChI=1S/C12H9NO2/c14-9-11-7-4-8-12(13(11)15)10-5-2-1-3-6-10/h1-9H. The number of hydrogen-bond donors (Lipinski definition) is 0. The summed E-state index contributed by atoms with van der Waals surface area (Å²) in [7, 11) is 0. The minimum atomic E-state index is 0.122. The third-order valence-corrected chi connectivity index (χ3v) is 2.16. The zero-order chi connectivity index (χ0) is 10.7. The Labute approximate surface area is 87.2 Å². The summed E-state index contributed by atoms with van der Waals surface area (Å²) in [6.45, 7) is 0. The molecule has 3 heteroatoms. The van der Waals surface area contributed by atoms with Crippen molar-refractivity contribution in [3.8, 4) is 11.3 Å². The van der Waals surface area contributed by atoms with E-state index < -0.39 is 0 Å². The average Bonchev–Trinajstić information content (AvgIpc) is 2.30. The van der Waals surface area contributed by atoms with Gasteiger partial charge in [0.25, 0.3) is 5.69 Å². The number of pyridine rings is 1. The van der Waals surface area contributed by atoms with E-state index in [2.05, 4.69) is 0 Å². The number of carbonyl (C=O) groups excluding carboxylic acids is 1. The van der Waals surface area contributed by atoms with Crippen LogP contribution in [0.25, 0.3) is 11.3 Å². The largest absolute Gasteiger partial charge is 0.618 e. The van der Waals surface area contributed by atoms with Crippen LogP contribution in [0.3, 0.4) is 0 Å². The van der Waals surface area contributed by atoms with Crippen molar-refractivity contribution in [2.75, 3.05) is 0 Å². The lowest BCUT2D eigenvalue weighted by Gasteiger charge is -2.05. The lowest BCUT2D eigenvalue weighted by Crippen LogP contribution is -2.34. The first-order valence-corrected chi connectivity index (χ1v) is 4.56. The van der Waals surface area contributed by atoms with Crippen molar-refractivity contribution >= 4 is 6.29 Å². The van der Waals surface area contributed by atoms with Crippen molar-refractivity contribution in [1.29, 1.82) is 0 Å². The van der Waals surface area contributed by atoms with Gasteiger partial charge in [0.1, 0.15) is 0 Å². The third-order valence-electron chi connectivity index (χ3n) is 2.16. The Hall–Kier alpha value is -2.16. The molecule has 1 aromatic heterocycles. The normalized spacial score (nSPS) is 9.87. The van der Waals surface area contributed by atoms with Crippen LogP contribution in [0, 0.1) is 5.21 Å².